The Balaban J connectivity index is 0.000000342. The molecule has 1 aromatic heterocycles. The van der Waals surface area contributed by atoms with Crippen molar-refractivity contribution >= 4 is 28.8 Å². The molecular formula is C15H17F3N8O8. The maximum absolute atomic E-state index is 11.9. The number of anilines is 1. The van der Waals surface area contributed by atoms with Gasteiger partial charge < -0.3 is 21.3 Å². The molecule has 0 fully saturated rings. The molecule has 1 heterocycles. The van der Waals surface area contributed by atoms with Gasteiger partial charge in [-0.2, -0.15) is 18.3 Å². The molecule has 186 valence electrons. The predicted molar refractivity (Wildman–Crippen MR) is 108 cm³/mol. The number of aromatic nitrogens is 2. The van der Waals surface area contributed by atoms with E-state index in [1.165, 1.54) is 4.68 Å². The number of benzene rings is 1. The van der Waals surface area contributed by atoms with Crippen LogP contribution in [0.2, 0.25) is 0 Å². The molecule has 0 radical (unpaired) electrons. The third-order valence-corrected chi connectivity index (χ3v) is 3.53. The summed E-state index contributed by atoms with van der Waals surface area (Å²) in [5.74, 6) is -1.25. The van der Waals surface area contributed by atoms with Crippen molar-refractivity contribution in [1.82, 2.24) is 9.78 Å². The van der Waals surface area contributed by atoms with Gasteiger partial charge in [0.05, 0.1) is 26.9 Å². The third-order valence-electron chi connectivity index (χ3n) is 3.53. The molecule has 34 heavy (non-hydrogen) atoms. The van der Waals surface area contributed by atoms with Crippen LogP contribution in [0.15, 0.2) is 29.4 Å². The number of hydrogen-bond acceptors (Lipinski definition) is 10. The second-order valence-electron chi connectivity index (χ2n) is 6.09. The molecule has 0 saturated carbocycles. The first-order chi connectivity index (χ1) is 15.7. The number of hydrogen-bond donors (Lipinski definition) is 4. The molecule has 2 rings (SSSR count). The Kier molecular flexibility index (Phi) is 9.62. The lowest BCUT2D eigenvalue weighted by atomic mass is 10.2. The average molecular weight is 494 g/mol. The van der Waals surface area contributed by atoms with Crippen LogP contribution >= 0.6 is 0 Å². The molecular weight excluding hydrogens is 477 g/mol. The number of nitrogens with zero attached hydrogens (tertiary/aromatic N) is 6. The van der Waals surface area contributed by atoms with Gasteiger partial charge in [-0.25, -0.2) is 4.99 Å². The van der Waals surface area contributed by atoms with E-state index in [2.05, 4.69) is 15.4 Å². The quantitative estimate of drug-likeness (QED) is 0.178. The number of aromatic hydroxyl groups is 1. The summed E-state index contributed by atoms with van der Waals surface area (Å²) < 4.78 is 37.1. The number of aryl methyl sites for hydroxylation is 1. The minimum Gasteiger partial charge on any atom is -0.497 e. The van der Waals surface area contributed by atoms with Gasteiger partial charge in [0.25, 0.3) is 11.4 Å². The molecule has 16 nitrogen and oxygen atoms in total. The van der Waals surface area contributed by atoms with E-state index in [4.69, 9.17) is 15.9 Å². The van der Waals surface area contributed by atoms with Crippen molar-refractivity contribution in [2.45, 2.75) is 19.1 Å². The number of nitro benzene ring substituents is 3. The van der Waals surface area contributed by atoms with Crippen LogP contribution in [0, 0.1) is 30.3 Å². The number of nitro groups is 3. The lowest BCUT2D eigenvalue weighted by Gasteiger charge is -2.04. The van der Waals surface area contributed by atoms with Gasteiger partial charge in [0, 0.05) is 25.4 Å². The first-order valence-electron chi connectivity index (χ1n) is 8.83. The second kappa shape index (κ2) is 11.9. The smallest absolute Gasteiger partial charge is 0.408 e. The molecule has 0 aliphatic heterocycles. The van der Waals surface area contributed by atoms with Crippen LogP contribution < -0.4 is 11.1 Å². The number of aliphatic imine (C=N–C) groups is 1. The number of phenolic OH excluding ortho intramolecular Hbond substituents is 1. The van der Waals surface area contributed by atoms with Crippen LogP contribution in [-0.4, -0.2) is 60.1 Å². The number of aliphatic hydroxyl groups is 1. The highest BCUT2D eigenvalue weighted by molar-refractivity contribution is 5.91. The fourth-order valence-corrected chi connectivity index (χ4v) is 2.10. The molecule has 5 N–H and O–H groups in total. The number of phenols is 1. The Morgan fingerprint density at radius 3 is 2.15 bits per heavy atom. The largest absolute Gasteiger partial charge is 0.497 e. The topological polar surface area (TPSA) is 238 Å². The molecule has 2 aromatic rings. The van der Waals surface area contributed by atoms with Crippen LogP contribution in [-0.2, 0) is 6.54 Å². The fraction of sp³-hybridized carbons (Fsp3) is 0.333. The highest BCUT2D eigenvalue weighted by atomic mass is 19.4. The molecule has 0 bridgehead atoms. The van der Waals surface area contributed by atoms with Crippen LogP contribution in [0.25, 0.3) is 0 Å². The van der Waals surface area contributed by atoms with Crippen molar-refractivity contribution in [1.29, 1.82) is 0 Å². The number of rotatable bonds is 8. The number of nitrogens with two attached hydrogens (primary N) is 1. The van der Waals surface area contributed by atoms with Crippen LogP contribution in [0.5, 0.6) is 5.75 Å². The summed E-state index contributed by atoms with van der Waals surface area (Å²) in [6.45, 7) is -0.785. The molecule has 1 aromatic carbocycles. The lowest BCUT2D eigenvalue weighted by Crippen LogP contribution is -2.25. The van der Waals surface area contributed by atoms with E-state index >= 15 is 0 Å². The second-order valence-corrected chi connectivity index (χ2v) is 6.09. The molecule has 0 atom stereocenters. The SMILES string of the molecule is NC(=NCC(F)(F)F)Nc1ccn(CCCO)n1.O=[N+]([O-])c1cc([N+](=O)[O-])c(O)c([N+](=O)[O-])c1. The van der Waals surface area contributed by atoms with Gasteiger partial charge in [0.2, 0.25) is 0 Å². The van der Waals surface area contributed by atoms with Crippen molar-refractivity contribution < 1.29 is 38.2 Å². The van der Waals surface area contributed by atoms with E-state index in [0.29, 0.717) is 30.9 Å². The molecule has 0 saturated heterocycles. The molecule has 0 unspecified atom stereocenters. The Hall–Kier alpha value is -4.55. The maximum atomic E-state index is 11.9. The number of alkyl halides is 3. The number of non-ortho nitro benzene ring substituents is 1. The van der Waals surface area contributed by atoms with Gasteiger partial charge in [0.15, 0.2) is 11.8 Å². The van der Waals surface area contributed by atoms with Gasteiger partial charge >= 0.3 is 17.6 Å². The van der Waals surface area contributed by atoms with E-state index in [9.17, 15) is 43.5 Å². The van der Waals surface area contributed by atoms with E-state index in [-0.39, 0.29) is 12.6 Å². The van der Waals surface area contributed by atoms with Crippen molar-refractivity contribution in [3.63, 3.8) is 0 Å². The molecule has 0 aliphatic rings. The Morgan fingerprint density at radius 1 is 1.15 bits per heavy atom. The third kappa shape index (κ3) is 8.90. The number of halogens is 3. The zero-order valence-corrected chi connectivity index (χ0v) is 16.9. The molecule has 19 heteroatoms. The van der Waals surface area contributed by atoms with Crippen molar-refractivity contribution in [3.8, 4) is 5.75 Å². The first-order valence-corrected chi connectivity index (χ1v) is 8.83. The fourth-order valence-electron chi connectivity index (χ4n) is 2.10. The van der Waals surface area contributed by atoms with Crippen molar-refractivity contribution in [3.05, 3.63) is 54.7 Å². The number of guanidine groups is 1. The summed E-state index contributed by atoms with van der Waals surface area (Å²) in [5, 5.41) is 55.3. The molecule has 0 aliphatic carbocycles. The highest BCUT2D eigenvalue weighted by Crippen LogP contribution is 2.38. The normalized spacial score (nSPS) is 11.4. The summed E-state index contributed by atoms with van der Waals surface area (Å²) in [6.07, 6.45) is -2.22. The van der Waals surface area contributed by atoms with E-state index in [0.717, 1.165) is 0 Å². The summed E-state index contributed by atoms with van der Waals surface area (Å²) in [5.41, 5.74) is 2.27. The number of aliphatic hydroxyl groups excluding tert-OH is 1. The average Bonchev–Trinajstić information content (AvgIpc) is 3.17. The highest BCUT2D eigenvalue weighted by Gasteiger charge is 2.30. The van der Waals surface area contributed by atoms with Gasteiger partial charge in [0.1, 0.15) is 6.54 Å². The minimum atomic E-state index is -4.38. The summed E-state index contributed by atoms with van der Waals surface area (Å²) in [7, 11) is 0. The van der Waals surface area contributed by atoms with Gasteiger partial charge in [-0.3, -0.25) is 35.0 Å². The Morgan fingerprint density at radius 2 is 1.71 bits per heavy atom. The first kappa shape index (κ1) is 27.5. The zero-order chi connectivity index (χ0) is 26.1. The van der Waals surface area contributed by atoms with E-state index in [1.54, 1.807) is 12.3 Å². The van der Waals surface area contributed by atoms with Crippen molar-refractivity contribution in [2.75, 3.05) is 18.5 Å². The Labute approximate surface area is 186 Å². The van der Waals surface area contributed by atoms with Crippen LogP contribution in [0.4, 0.5) is 36.1 Å². The Bertz CT molecular complexity index is 1040. The number of nitrogens with one attached hydrogen (secondary N) is 1. The maximum Gasteiger partial charge on any atom is 0.408 e. The summed E-state index contributed by atoms with van der Waals surface area (Å²) in [6, 6.07) is 2.44. The summed E-state index contributed by atoms with van der Waals surface area (Å²) in [4.78, 5) is 30.9. The van der Waals surface area contributed by atoms with Crippen LogP contribution in [0.3, 0.4) is 0 Å². The van der Waals surface area contributed by atoms with Gasteiger partial charge in [-0.1, -0.05) is 0 Å². The standard InChI is InChI=1S/C9H14F3N5O.C6H3N3O7/c10-9(11,12)6-14-8(13)15-7-2-4-17(16-7)3-1-5-18;10-6-4(8(13)14)1-3(7(11)12)2-5(6)9(15)16/h2,4,18H,1,3,5-6H2,(H3,13,14,15,16);1-2,10H. The molecule has 0 spiro atoms. The minimum absolute atomic E-state index is 0.0395. The summed E-state index contributed by atoms with van der Waals surface area (Å²) >= 11 is 0. The van der Waals surface area contributed by atoms with E-state index in [1.807, 2.05) is 0 Å². The van der Waals surface area contributed by atoms with Gasteiger partial charge in [-0.05, 0) is 6.42 Å². The van der Waals surface area contributed by atoms with E-state index < -0.39 is 50.3 Å². The lowest BCUT2D eigenvalue weighted by molar-refractivity contribution is -0.404. The van der Waals surface area contributed by atoms with Crippen molar-refractivity contribution in [2.24, 2.45) is 10.7 Å². The monoisotopic (exact) mass is 494 g/mol. The predicted octanol–water partition coefficient (Wildman–Crippen LogP) is 1.67. The van der Waals surface area contributed by atoms with Gasteiger partial charge in [-0.15, -0.1) is 0 Å². The van der Waals surface area contributed by atoms with Crippen LogP contribution in [0.1, 0.15) is 6.42 Å². The molecule has 0 amide bonds. The zero-order valence-electron chi connectivity index (χ0n) is 16.9.